The van der Waals surface area contributed by atoms with Crippen molar-refractivity contribution in [2.45, 2.75) is 50.5 Å². The first-order chi connectivity index (χ1) is 6.66. The maximum atomic E-state index is 5.87. The summed E-state index contributed by atoms with van der Waals surface area (Å²) in [6.45, 7) is 5.86. The van der Waals surface area contributed by atoms with Gasteiger partial charge in [-0.3, -0.25) is 0 Å². The second-order valence-electron chi connectivity index (χ2n) is 4.77. The second-order valence-corrected chi connectivity index (χ2v) is 4.77. The Balaban J connectivity index is 1.84. The first kappa shape index (κ1) is 9.09. The quantitative estimate of drug-likeness (QED) is 0.608. The molecule has 80 valence electrons. The molecule has 4 unspecified atom stereocenters. The molecule has 0 spiro atoms. The minimum Gasteiger partial charge on any atom is -0.368 e. The topological polar surface area (TPSA) is 39.7 Å². The van der Waals surface area contributed by atoms with E-state index in [0.29, 0.717) is 0 Å². The zero-order valence-corrected chi connectivity index (χ0v) is 8.66. The van der Waals surface area contributed by atoms with Crippen LogP contribution in [-0.2, 0) is 14.2 Å². The molecule has 3 aliphatic rings. The lowest BCUT2D eigenvalue weighted by Gasteiger charge is -2.22. The number of nitrogens with one attached hydrogen (secondary N) is 1. The van der Waals surface area contributed by atoms with E-state index in [1.54, 1.807) is 0 Å². The number of fused-ring (bicyclic) bond motifs is 5. The Hall–Kier alpha value is -0.160. The SMILES string of the molecule is CC1(C)OC2C3CCNCC(O3)C2O1. The fourth-order valence-corrected chi connectivity index (χ4v) is 2.66. The summed E-state index contributed by atoms with van der Waals surface area (Å²) in [5.41, 5.74) is 0. The van der Waals surface area contributed by atoms with Crippen LogP contribution in [0.5, 0.6) is 0 Å². The Morgan fingerprint density at radius 3 is 2.64 bits per heavy atom. The first-order valence-electron chi connectivity index (χ1n) is 5.37. The molecule has 0 saturated carbocycles. The Bertz CT molecular complexity index is 222. The standard InChI is InChI=1S/C10H17NO3/c1-10(2)13-8-6-3-4-11-5-7(12-6)9(8)14-10/h6-9,11H,3-5H2,1-2H3. The molecule has 3 fully saturated rings. The molecule has 1 N–H and O–H groups in total. The van der Waals surface area contributed by atoms with Gasteiger partial charge in [0, 0.05) is 6.54 Å². The van der Waals surface area contributed by atoms with Crippen LogP contribution < -0.4 is 5.32 Å². The molecule has 0 aliphatic carbocycles. The third kappa shape index (κ3) is 1.29. The van der Waals surface area contributed by atoms with Crippen LogP contribution in [0.1, 0.15) is 20.3 Å². The largest absolute Gasteiger partial charge is 0.368 e. The maximum Gasteiger partial charge on any atom is 0.164 e. The van der Waals surface area contributed by atoms with Gasteiger partial charge in [-0.15, -0.1) is 0 Å². The summed E-state index contributed by atoms with van der Waals surface area (Å²) in [7, 11) is 0. The van der Waals surface area contributed by atoms with Crippen LogP contribution in [0.25, 0.3) is 0 Å². The maximum absolute atomic E-state index is 5.87. The molecule has 4 nitrogen and oxygen atoms in total. The van der Waals surface area contributed by atoms with E-state index in [4.69, 9.17) is 14.2 Å². The van der Waals surface area contributed by atoms with Gasteiger partial charge in [0.15, 0.2) is 5.79 Å². The summed E-state index contributed by atoms with van der Waals surface area (Å²) in [4.78, 5) is 0. The van der Waals surface area contributed by atoms with Gasteiger partial charge in [0.25, 0.3) is 0 Å². The fraction of sp³-hybridized carbons (Fsp3) is 1.00. The highest BCUT2D eigenvalue weighted by Gasteiger charge is 2.55. The first-order valence-corrected chi connectivity index (χ1v) is 5.37. The Morgan fingerprint density at radius 1 is 1.14 bits per heavy atom. The van der Waals surface area contributed by atoms with Gasteiger partial charge in [0.1, 0.15) is 12.2 Å². The highest BCUT2D eigenvalue weighted by molar-refractivity contribution is 5.00. The predicted molar refractivity (Wildman–Crippen MR) is 50.0 cm³/mol. The molecular formula is C10H17NO3. The lowest BCUT2D eigenvalue weighted by Crippen LogP contribution is -2.39. The fourth-order valence-electron chi connectivity index (χ4n) is 2.66. The summed E-state index contributed by atoms with van der Waals surface area (Å²) in [6.07, 6.45) is 1.70. The molecule has 0 amide bonds. The van der Waals surface area contributed by atoms with E-state index in [1.165, 1.54) is 0 Å². The van der Waals surface area contributed by atoms with Crippen LogP contribution >= 0.6 is 0 Å². The molecule has 0 radical (unpaired) electrons. The minimum atomic E-state index is -0.431. The molecule has 14 heavy (non-hydrogen) atoms. The molecule has 3 heterocycles. The highest BCUT2D eigenvalue weighted by atomic mass is 16.8. The van der Waals surface area contributed by atoms with E-state index in [-0.39, 0.29) is 24.4 Å². The predicted octanol–water partition coefficient (Wildman–Crippen LogP) is 0.267. The smallest absolute Gasteiger partial charge is 0.164 e. The molecule has 3 aliphatic heterocycles. The lowest BCUT2D eigenvalue weighted by atomic mass is 10.0. The zero-order valence-electron chi connectivity index (χ0n) is 8.66. The second kappa shape index (κ2) is 2.92. The average molecular weight is 199 g/mol. The summed E-state index contributed by atoms with van der Waals surface area (Å²) in [6, 6.07) is 0. The molecular weight excluding hydrogens is 182 g/mol. The average Bonchev–Trinajstić information content (AvgIpc) is 2.46. The van der Waals surface area contributed by atoms with Crippen LogP contribution in [-0.4, -0.2) is 43.3 Å². The van der Waals surface area contributed by atoms with Crippen LogP contribution in [0.4, 0.5) is 0 Å². The summed E-state index contributed by atoms with van der Waals surface area (Å²) in [5.74, 6) is -0.431. The van der Waals surface area contributed by atoms with Gasteiger partial charge in [-0.2, -0.15) is 0 Å². The number of hydrogen-bond acceptors (Lipinski definition) is 4. The number of rotatable bonds is 0. The molecule has 0 aromatic carbocycles. The Kier molecular flexibility index (Phi) is 1.89. The van der Waals surface area contributed by atoms with E-state index in [0.717, 1.165) is 19.5 Å². The Labute approximate surface area is 83.9 Å². The van der Waals surface area contributed by atoms with E-state index < -0.39 is 5.79 Å². The van der Waals surface area contributed by atoms with Crippen molar-refractivity contribution in [3.8, 4) is 0 Å². The van der Waals surface area contributed by atoms with Crippen LogP contribution in [0.2, 0.25) is 0 Å². The molecule has 3 saturated heterocycles. The van der Waals surface area contributed by atoms with Crippen molar-refractivity contribution in [3.05, 3.63) is 0 Å². The number of ether oxygens (including phenoxy) is 3. The van der Waals surface area contributed by atoms with E-state index in [1.807, 2.05) is 13.8 Å². The summed E-state index contributed by atoms with van der Waals surface area (Å²) in [5, 5.41) is 3.36. The van der Waals surface area contributed by atoms with Crippen molar-refractivity contribution in [1.82, 2.24) is 5.32 Å². The minimum absolute atomic E-state index is 0.128. The van der Waals surface area contributed by atoms with Crippen molar-refractivity contribution in [2.24, 2.45) is 0 Å². The molecule has 2 bridgehead atoms. The van der Waals surface area contributed by atoms with Crippen molar-refractivity contribution < 1.29 is 14.2 Å². The molecule has 0 aromatic rings. The molecule has 4 heteroatoms. The van der Waals surface area contributed by atoms with Gasteiger partial charge < -0.3 is 19.5 Å². The Morgan fingerprint density at radius 2 is 1.86 bits per heavy atom. The highest BCUT2D eigenvalue weighted by Crippen LogP contribution is 2.40. The van der Waals surface area contributed by atoms with Crippen molar-refractivity contribution in [1.29, 1.82) is 0 Å². The lowest BCUT2D eigenvalue weighted by molar-refractivity contribution is -0.184. The van der Waals surface area contributed by atoms with E-state index in [2.05, 4.69) is 5.32 Å². The van der Waals surface area contributed by atoms with E-state index in [9.17, 15) is 0 Å². The van der Waals surface area contributed by atoms with Gasteiger partial charge in [0.05, 0.1) is 12.2 Å². The zero-order chi connectivity index (χ0) is 9.76. The van der Waals surface area contributed by atoms with Crippen LogP contribution in [0.15, 0.2) is 0 Å². The van der Waals surface area contributed by atoms with Gasteiger partial charge in [-0.1, -0.05) is 0 Å². The third-order valence-electron chi connectivity index (χ3n) is 3.20. The van der Waals surface area contributed by atoms with Gasteiger partial charge >= 0.3 is 0 Å². The molecule has 4 atom stereocenters. The third-order valence-corrected chi connectivity index (χ3v) is 3.20. The van der Waals surface area contributed by atoms with Gasteiger partial charge in [-0.05, 0) is 26.8 Å². The van der Waals surface area contributed by atoms with Crippen LogP contribution in [0, 0.1) is 0 Å². The van der Waals surface area contributed by atoms with Gasteiger partial charge in [-0.25, -0.2) is 0 Å². The van der Waals surface area contributed by atoms with Crippen molar-refractivity contribution in [2.75, 3.05) is 13.1 Å². The monoisotopic (exact) mass is 199 g/mol. The normalized spacial score (nSPS) is 50.1. The number of hydrogen-bond donors (Lipinski definition) is 1. The molecule has 3 rings (SSSR count). The van der Waals surface area contributed by atoms with E-state index >= 15 is 0 Å². The van der Waals surface area contributed by atoms with Gasteiger partial charge in [0.2, 0.25) is 0 Å². The molecule has 0 aromatic heterocycles. The summed E-state index contributed by atoms with van der Waals surface area (Å²) >= 11 is 0. The van der Waals surface area contributed by atoms with Crippen molar-refractivity contribution >= 4 is 0 Å². The summed E-state index contributed by atoms with van der Waals surface area (Å²) < 4.78 is 17.6. The van der Waals surface area contributed by atoms with Crippen LogP contribution in [0.3, 0.4) is 0 Å². The van der Waals surface area contributed by atoms with Crippen molar-refractivity contribution in [3.63, 3.8) is 0 Å².